The van der Waals surface area contributed by atoms with Crippen LogP contribution in [0.25, 0.3) is 10.9 Å². The maximum atomic E-state index is 11.6. The van der Waals surface area contributed by atoms with Crippen LogP contribution in [0.5, 0.6) is 0 Å². The van der Waals surface area contributed by atoms with Gasteiger partial charge in [0.25, 0.3) is 0 Å². The maximum absolute atomic E-state index is 11.6. The van der Waals surface area contributed by atoms with Crippen LogP contribution in [0.15, 0.2) is 40.3 Å². The molecule has 3 heterocycles. The number of benzene rings is 1. The standard InChI is InChI=1S/C23H24Cl2N2O2S/c1-13(2)10-17-21-18(7-8-26-17)27-9-3-4-14(11-20(28)29)22(27)23(21)30-19-6-5-15(24)12-16(19)25/h5-8,12-14H,3-4,9-11H2,1-2H3,(H,28,29). The van der Waals surface area contributed by atoms with E-state index >= 15 is 0 Å². The Kier molecular flexibility index (Phi) is 6.33. The highest BCUT2D eigenvalue weighted by Gasteiger charge is 2.31. The van der Waals surface area contributed by atoms with Crippen LogP contribution in [-0.2, 0) is 17.8 Å². The topological polar surface area (TPSA) is 55.1 Å². The highest BCUT2D eigenvalue weighted by molar-refractivity contribution is 7.99. The molecule has 4 rings (SSSR count). The molecule has 4 nitrogen and oxygen atoms in total. The van der Waals surface area contributed by atoms with Gasteiger partial charge in [0.15, 0.2) is 0 Å². The molecule has 2 aromatic heterocycles. The summed E-state index contributed by atoms with van der Waals surface area (Å²) in [5.41, 5.74) is 3.30. The first-order valence-electron chi connectivity index (χ1n) is 10.2. The van der Waals surface area contributed by atoms with Crippen LogP contribution in [-0.4, -0.2) is 20.6 Å². The molecule has 3 aromatic rings. The fourth-order valence-corrected chi connectivity index (χ4v) is 6.09. The Morgan fingerprint density at radius 3 is 2.83 bits per heavy atom. The number of carboxylic acid groups (broad SMARTS) is 1. The Labute approximate surface area is 190 Å². The number of hydrogen-bond acceptors (Lipinski definition) is 3. The molecule has 1 N–H and O–H groups in total. The summed E-state index contributed by atoms with van der Waals surface area (Å²) in [6, 6.07) is 7.57. The Morgan fingerprint density at radius 2 is 2.13 bits per heavy atom. The third-order valence-corrected chi connectivity index (χ3v) is 7.35. The minimum absolute atomic E-state index is 0.0240. The van der Waals surface area contributed by atoms with Crippen molar-refractivity contribution in [3.8, 4) is 0 Å². The van der Waals surface area contributed by atoms with Crippen LogP contribution in [0.3, 0.4) is 0 Å². The highest BCUT2D eigenvalue weighted by atomic mass is 35.5. The first kappa shape index (κ1) is 21.5. The molecule has 0 saturated heterocycles. The molecule has 0 amide bonds. The van der Waals surface area contributed by atoms with Crippen molar-refractivity contribution in [2.45, 2.75) is 61.8 Å². The maximum Gasteiger partial charge on any atom is 0.304 e. The van der Waals surface area contributed by atoms with E-state index in [0.717, 1.165) is 57.9 Å². The molecule has 1 atom stereocenters. The van der Waals surface area contributed by atoms with Gasteiger partial charge in [0.05, 0.1) is 22.7 Å². The van der Waals surface area contributed by atoms with Gasteiger partial charge < -0.3 is 9.67 Å². The van der Waals surface area contributed by atoms with Crippen LogP contribution >= 0.6 is 35.0 Å². The van der Waals surface area contributed by atoms with Gasteiger partial charge in [-0.25, -0.2) is 0 Å². The Bertz CT molecular complexity index is 1110. The molecule has 0 aliphatic carbocycles. The lowest BCUT2D eigenvalue weighted by molar-refractivity contribution is -0.137. The Hall–Kier alpha value is -1.69. The molecule has 1 aliphatic rings. The van der Waals surface area contributed by atoms with E-state index in [1.54, 1.807) is 17.8 Å². The minimum Gasteiger partial charge on any atom is -0.481 e. The molecule has 1 unspecified atom stereocenters. The monoisotopic (exact) mass is 462 g/mol. The second kappa shape index (κ2) is 8.81. The number of carbonyl (C=O) groups is 1. The Morgan fingerprint density at radius 1 is 1.33 bits per heavy atom. The second-order valence-electron chi connectivity index (χ2n) is 8.23. The van der Waals surface area contributed by atoms with Gasteiger partial charge in [0.2, 0.25) is 0 Å². The SMILES string of the molecule is CC(C)Cc1nccc2c1c(Sc1ccc(Cl)cc1Cl)c1n2CCCC1CC(=O)O. The van der Waals surface area contributed by atoms with Crippen molar-refractivity contribution in [1.82, 2.24) is 9.55 Å². The van der Waals surface area contributed by atoms with Gasteiger partial charge in [0.1, 0.15) is 0 Å². The number of fused-ring (bicyclic) bond motifs is 3. The molecule has 0 spiro atoms. The van der Waals surface area contributed by atoms with Gasteiger partial charge in [-0.05, 0) is 49.4 Å². The number of carboxylic acids is 1. The zero-order valence-electron chi connectivity index (χ0n) is 17.0. The van der Waals surface area contributed by atoms with Crippen molar-refractivity contribution in [3.63, 3.8) is 0 Å². The summed E-state index contributed by atoms with van der Waals surface area (Å²) in [5, 5.41) is 11.9. The van der Waals surface area contributed by atoms with Crippen LogP contribution in [0.1, 0.15) is 50.4 Å². The second-order valence-corrected chi connectivity index (χ2v) is 10.1. The number of pyridine rings is 1. The van der Waals surface area contributed by atoms with Gasteiger partial charge in [-0.1, -0.05) is 48.8 Å². The van der Waals surface area contributed by atoms with Crippen LogP contribution < -0.4 is 0 Å². The minimum atomic E-state index is -0.764. The predicted molar refractivity (Wildman–Crippen MR) is 123 cm³/mol. The van der Waals surface area contributed by atoms with Gasteiger partial charge in [-0.2, -0.15) is 0 Å². The largest absolute Gasteiger partial charge is 0.481 e. The fourth-order valence-electron chi connectivity index (χ4n) is 4.35. The third-order valence-electron chi connectivity index (χ3n) is 5.50. The van der Waals surface area contributed by atoms with E-state index in [1.807, 2.05) is 18.3 Å². The van der Waals surface area contributed by atoms with Crippen molar-refractivity contribution in [2.24, 2.45) is 5.92 Å². The van der Waals surface area contributed by atoms with E-state index in [2.05, 4.69) is 24.5 Å². The highest BCUT2D eigenvalue weighted by Crippen LogP contribution is 2.48. The van der Waals surface area contributed by atoms with Crippen molar-refractivity contribution < 1.29 is 9.90 Å². The zero-order valence-corrected chi connectivity index (χ0v) is 19.3. The lowest BCUT2D eigenvalue weighted by Crippen LogP contribution is -2.18. The first-order valence-corrected chi connectivity index (χ1v) is 11.8. The van der Waals surface area contributed by atoms with Crippen LogP contribution in [0, 0.1) is 5.92 Å². The average Bonchev–Trinajstić information content (AvgIpc) is 2.99. The molecule has 0 radical (unpaired) electrons. The van der Waals surface area contributed by atoms with Gasteiger partial charge in [-0.3, -0.25) is 9.78 Å². The summed E-state index contributed by atoms with van der Waals surface area (Å²) in [6.07, 6.45) is 4.72. The van der Waals surface area contributed by atoms with Crippen molar-refractivity contribution in [2.75, 3.05) is 0 Å². The number of aromatic nitrogens is 2. The summed E-state index contributed by atoms with van der Waals surface area (Å²) in [6.45, 7) is 5.27. The van der Waals surface area contributed by atoms with Crippen molar-refractivity contribution in [1.29, 1.82) is 0 Å². The lowest BCUT2D eigenvalue weighted by Gasteiger charge is -2.25. The predicted octanol–water partition coefficient (Wildman–Crippen LogP) is 7.04. The normalized spacial score (nSPS) is 16.2. The average molecular weight is 463 g/mol. The molecule has 1 aromatic carbocycles. The quantitative estimate of drug-likeness (QED) is 0.426. The molecule has 1 aliphatic heterocycles. The summed E-state index contributed by atoms with van der Waals surface area (Å²) >= 11 is 14.2. The molecular weight excluding hydrogens is 439 g/mol. The number of aliphatic carboxylic acids is 1. The van der Waals surface area contributed by atoms with E-state index in [0.29, 0.717) is 16.0 Å². The van der Waals surface area contributed by atoms with Crippen LogP contribution in [0.2, 0.25) is 10.0 Å². The van der Waals surface area contributed by atoms with Crippen molar-refractivity contribution in [3.05, 3.63) is 51.9 Å². The van der Waals surface area contributed by atoms with Crippen LogP contribution in [0.4, 0.5) is 0 Å². The molecular formula is C23H24Cl2N2O2S. The molecule has 0 saturated carbocycles. The smallest absolute Gasteiger partial charge is 0.304 e. The fraction of sp³-hybridized carbons (Fsp3) is 0.391. The van der Waals surface area contributed by atoms with E-state index in [4.69, 9.17) is 28.2 Å². The van der Waals surface area contributed by atoms with E-state index < -0.39 is 5.97 Å². The zero-order chi connectivity index (χ0) is 21.4. The van der Waals surface area contributed by atoms with Gasteiger partial charge >= 0.3 is 5.97 Å². The van der Waals surface area contributed by atoms with E-state index in [9.17, 15) is 9.90 Å². The van der Waals surface area contributed by atoms with Crippen molar-refractivity contribution >= 4 is 51.8 Å². The molecule has 30 heavy (non-hydrogen) atoms. The number of nitrogens with zero attached hydrogens (tertiary/aromatic N) is 2. The van der Waals surface area contributed by atoms with E-state index in [-0.39, 0.29) is 12.3 Å². The summed E-state index contributed by atoms with van der Waals surface area (Å²) in [4.78, 5) is 18.3. The number of rotatable bonds is 6. The lowest BCUT2D eigenvalue weighted by atomic mass is 9.92. The molecule has 158 valence electrons. The summed E-state index contributed by atoms with van der Waals surface area (Å²) in [5.74, 6) is -0.323. The Balaban J connectivity index is 1.95. The molecule has 0 fully saturated rings. The van der Waals surface area contributed by atoms with Gasteiger partial charge in [-0.15, -0.1) is 0 Å². The third kappa shape index (κ3) is 4.20. The van der Waals surface area contributed by atoms with E-state index in [1.165, 1.54) is 0 Å². The summed E-state index contributed by atoms with van der Waals surface area (Å²) < 4.78 is 2.31. The first-order chi connectivity index (χ1) is 14.3. The molecule has 0 bridgehead atoms. The number of aryl methyl sites for hydroxylation is 1. The van der Waals surface area contributed by atoms with Gasteiger partial charge in [0, 0.05) is 44.6 Å². The molecule has 7 heteroatoms. The summed E-state index contributed by atoms with van der Waals surface area (Å²) in [7, 11) is 0. The number of hydrogen-bond donors (Lipinski definition) is 1. The number of halogens is 2.